The van der Waals surface area contributed by atoms with E-state index in [1.807, 2.05) is 16.7 Å². The minimum atomic E-state index is -0.948. The van der Waals surface area contributed by atoms with Gasteiger partial charge in [-0.3, -0.25) is 4.40 Å². The van der Waals surface area contributed by atoms with Gasteiger partial charge in [0.2, 0.25) is 0 Å². The lowest BCUT2D eigenvalue weighted by atomic mass is 10.1. The highest BCUT2D eigenvalue weighted by Gasteiger charge is 2.19. The van der Waals surface area contributed by atoms with E-state index in [0.29, 0.717) is 5.02 Å². The lowest BCUT2D eigenvalue weighted by molar-refractivity contribution is 0.0697. The van der Waals surface area contributed by atoms with Crippen molar-refractivity contribution >= 4 is 29.0 Å². The molecule has 1 aromatic carbocycles. The van der Waals surface area contributed by atoms with Gasteiger partial charge in [0.05, 0.1) is 10.6 Å². The molecule has 3 aromatic rings. The number of rotatable bonds is 3. The third-order valence-corrected chi connectivity index (χ3v) is 3.70. The number of aromatic nitrogens is 2. The van der Waals surface area contributed by atoms with Crippen LogP contribution in [0.4, 0.5) is 5.82 Å². The Labute approximate surface area is 144 Å². The first kappa shape index (κ1) is 16.3. The molecule has 0 amide bonds. The third kappa shape index (κ3) is 3.21. The minimum Gasteiger partial charge on any atom is -0.478 e. The zero-order valence-electron chi connectivity index (χ0n) is 13.7. The van der Waals surface area contributed by atoms with E-state index in [2.05, 4.69) is 31.1 Å². The number of hydrogen-bond donors (Lipinski definition) is 2. The Balaban J connectivity index is 2.18. The highest BCUT2D eigenvalue weighted by molar-refractivity contribution is 6.30. The van der Waals surface area contributed by atoms with Crippen molar-refractivity contribution < 1.29 is 9.90 Å². The molecule has 0 saturated carbocycles. The van der Waals surface area contributed by atoms with E-state index < -0.39 is 5.97 Å². The second kappa shape index (κ2) is 5.83. The number of nitrogens with zero attached hydrogens (tertiary/aromatic N) is 2. The summed E-state index contributed by atoms with van der Waals surface area (Å²) in [5.41, 5.74) is 2.43. The zero-order valence-corrected chi connectivity index (χ0v) is 14.4. The molecule has 0 saturated heterocycles. The number of carbonyl (C=O) groups is 1. The van der Waals surface area contributed by atoms with Crippen molar-refractivity contribution in [1.82, 2.24) is 9.38 Å². The van der Waals surface area contributed by atoms with E-state index in [-0.39, 0.29) is 11.1 Å². The van der Waals surface area contributed by atoms with E-state index in [1.54, 1.807) is 30.3 Å². The second-order valence-corrected chi connectivity index (χ2v) is 7.08. The number of pyridine rings is 1. The molecule has 0 spiro atoms. The normalized spacial score (nSPS) is 11.7. The fraction of sp³-hybridized carbons (Fsp3) is 0.222. The maximum atomic E-state index is 11.0. The number of carboxylic acid groups (broad SMARTS) is 1. The summed E-state index contributed by atoms with van der Waals surface area (Å²) in [6, 6.07) is 10.3. The summed E-state index contributed by atoms with van der Waals surface area (Å²) < 4.78 is 1.91. The fourth-order valence-corrected chi connectivity index (χ4v) is 2.63. The molecule has 2 aromatic heterocycles. The maximum absolute atomic E-state index is 11.0. The molecule has 5 nitrogen and oxygen atoms in total. The predicted octanol–water partition coefficient (Wildman–Crippen LogP) is 4.56. The molecule has 3 rings (SSSR count). The van der Waals surface area contributed by atoms with E-state index in [1.165, 1.54) is 0 Å². The molecule has 0 aliphatic carbocycles. The molecule has 0 bridgehead atoms. The summed E-state index contributed by atoms with van der Waals surface area (Å²) in [5.74, 6) is -0.126. The van der Waals surface area contributed by atoms with Crippen LogP contribution in [0.15, 0.2) is 42.6 Å². The van der Waals surface area contributed by atoms with Crippen LogP contribution >= 0.6 is 11.6 Å². The van der Waals surface area contributed by atoms with Crippen LogP contribution in [0.3, 0.4) is 0 Å². The van der Waals surface area contributed by atoms with Gasteiger partial charge < -0.3 is 10.4 Å². The van der Waals surface area contributed by atoms with Gasteiger partial charge >= 0.3 is 5.97 Å². The number of nitrogens with one attached hydrogen (secondary N) is 1. The summed E-state index contributed by atoms with van der Waals surface area (Å²) >= 11 is 6.13. The fourth-order valence-electron chi connectivity index (χ4n) is 2.47. The molecule has 0 atom stereocenters. The first-order valence-corrected chi connectivity index (χ1v) is 7.92. The van der Waals surface area contributed by atoms with Gasteiger partial charge in [-0.15, -0.1) is 0 Å². The summed E-state index contributed by atoms with van der Waals surface area (Å²) in [5, 5.41) is 13.1. The van der Waals surface area contributed by atoms with Gasteiger partial charge in [0.1, 0.15) is 17.2 Å². The van der Waals surface area contributed by atoms with Crippen LogP contribution in [0.2, 0.25) is 5.02 Å². The minimum absolute atomic E-state index is 0.173. The molecule has 0 aliphatic heterocycles. The number of aromatic carboxylic acids is 1. The SMILES string of the molecule is CC(C)(C)Nc1c(-c2ccc(C(=O)O)cc2)nc2ccc(Cl)cn12. The van der Waals surface area contributed by atoms with Crippen molar-refractivity contribution in [3.63, 3.8) is 0 Å². The van der Waals surface area contributed by atoms with Crippen LogP contribution in [0.1, 0.15) is 31.1 Å². The van der Waals surface area contributed by atoms with Crippen molar-refractivity contribution in [3.8, 4) is 11.3 Å². The highest BCUT2D eigenvalue weighted by Crippen LogP contribution is 2.31. The van der Waals surface area contributed by atoms with Gasteiger partial charge in [-0.2, -0.15) is 0 Å². The highest BCUT2D eigenvalue weighted by atomic mass is 35.5. The average Bonchev–Trinajstić information content (AvgIpc) is 2.84. The van der Waals surface area contributed by atoms with Crippen LogP contribution in [-0.4, -0.2) is 26.0 Å². The second-order valence-electron chi connectivity index (χ2n) is 6.64. The van der Waals surface area contributed by atoms with Crippen molar-refractivity contribution in [2.24, 2.45) is 0 Å². The van der Waals surface area contributed by atoms with E-state index in [0.717, 1.165) is 22.7 Å². The molecular weight excluding hydrogens is 326 g/mol. The van der Waals surface area contributed by atoms with Crippen molar-refractivity contribution in [1.29, 1.82) is 0 Å². The van der Waals surface area contributed by atoms with Gasteiger partial charge in [0.25, 0.3) is 0 Å². The summed E-state index contributed by atoms with van der Waals surface area (Å²) in [4.78, 5) is 15.7. The third-order valence-electron chi connectivity index (χ3n) is 3.48. The Bertz CT molecular complexity index is 908. The van der Waals surface area contributed by atoms with Crippen LogP contribution in [-0.2, 0) is 0 Å². The molecule has 0 fully saturated rings. The molecule has 6 heteroatoms. The van der Waals surface area contributed by atoms with Gasteiger partial charge in [-0.1, -0.05) is 23.7 Å². The Morgan fingerprint density at radius 1 is 1.17 bits per heavy atom. The number of anilines is 1. The monoisotopic (exact) mass is 343 g/mol. The van der Waals surface area contributed by atoms with Crippen LogP contribution in [0.5, 0.6) is 0 Å². The number of halogens is 1. The predicted molar refractivity (Wildman–Crippen MR) is 96.0 cm³/mol. The standard InChI is InChI=1S/C18H18ClN3O2/c1-18(2,3)21-16-15(11-4-6-12(7-5-11)17(23)24)20-14-9-8-13(19)10-22(14)16/h4-10,21H,1-3H3,(H,23,24). The first-order valence-electron chi connectivity index (χ1n) is 7.54. The van der Waals surface area contributed by atoms with Gasteiger partial charge in [0, 0.05) is 17.3 Å². The smallest absolute Gasteiger partial charge is 0.335 e. The van der Waals surface area contributed by atoms with Crippen LogP contribution in [0, 0.1) is 0 Å². The molecular formula is C18H18ClN3O2. The molecule has 24 heavy (non-hydrogen) atoms. The van der Waals surface area contributed by atoms with E-state index in [9.17, 15) is 4.79 Å². The zero-order chi connectivity index (χ0) is 17.5. The lowest BCUT2D eigenvalue weighted by Gasteiger charge is -2.22. The Hall–Kier alpha value is -2.53. The number of fused-ring (bicyclic) bond motifs is 1. The molecule has 0 radical (unpaired) electrons. The van der Waals surface area contributed by atoms with E-state index in [4.69, 9.17) is 16.7 Å². The van der Waals surface area contributed by atoms with Gasteiger partial charge in [-0.25, -0.2) is 9.78 Å². The molecule has 2 heterocycles. The van der Waals surface area contributed by atoms with Crippen LogP contribution < -0.4 is 5.32 Å². The number of carboxylic acids is 1. The molecule has 0 unspecified atom stereocenters. The number of imidazole rings is 1. The Kier molecular flexibility index (Phi) is 3.97. The van der Waals surface area contributed by atoms with Crippen LogP contribution in [0.25, 0.3) is 16.9 Å². The largest absolute Gasteiger partial charge is 0.478 e. The quantitative estimate of drug-likeness (QED) is 0.731. The van der Waals surface area contributed by atoms with Crippen molar-refractivity contribution in [3.05, 3.63) is 53.2 Å². The van der Waals surface area contributed by atoms with Crippen molar-refractivity contribution in [2.75, 3.05) is 5.32 Å². The van der Waals surface area contributed by atoms with E-state index >= 15 is 0 Å². The Morgan fingerprint density at radius 2 is 1.83 bits per heavy atom. The van der Waals surface area contributed by atoms with Crippen molar-refractivity contribution in [2.45, 2.75) is 26.3 Å². The maximum Gasteiger partial charge on any atom is 0.335 e. The summed E-state index contributed by atoms with van der Waals surface area (Å²) in [6.45, 7) is 6.19. The molecule has 0 aliphatic rings. The summed E-state index contributed by atoms with van der Waals surface area (Å²) in [7, 11) is 0. The van der Waals surface area contributed by atoms with Gasteiger partial charge in [-0.05, 0) is 45.0 Å². The summed E-state index contributed by atoms with van der Waals surface area (Å²) in [6.07, 6.45) is 1.81. The number of hydrogen-bond acceptors (Lipinski definition) is 3. The molecule has 124 valence electrons. The first-order chi connectivity index (χ1) is 11.2. The Morgan fingerprint density at radius 3 is 2.42 bits per heavy atom. The lowest BCUT2D eigenvalue weighted by Crippen LogP contribution is -2.27. The average molecular weight is 344 g/mol. The topological polar surface area (TPSA) is 66.6 Å². The van der Waals surface area contributed by atoms with Gasteiger partial charge in [0.15, 0.2) is 0 Å². The number of benzene rings is 1. The molecule has 2 N–H and O–H groups in total.